The second-order valence-corrected chi connectivity index (χ2v) is 8.37. The molecule has 34 heavy (non-hydrogen) atoms. The fraction of sp³-hybridized carbons (Fsp3) is 0.346. The highest BCUT2D eigenvalue weighted by molar-refractivity contribution is 6.13. The van der Waals surface area contributed by atoms with Crippen LogP contribution in [0.4, 0.5) is 11.4 Å². The molecule has 0 saturated heterocycles. The third kappa shape index (κ3) is 5.82. The number of aliphatic imine (C=N–C) groups is 1. The van der Waals surface area contributed by atoms with E-state index in [-0.39, 0.29) is 11.8 Å². The van der Waals surface area contributed by atoms with E-state index in [4.69, 9.17) is 4.74 Å². The van der Waals surface area contributed by atoms with Crippen LogP contribution in [0.1, 0.15) is 43.1 Å². The number of amides is 1. The smallest absolute Gasteiger partial charge is 0.338 e. The first kappa shape index (κ1) is 25.0. The minimum Gasteiger partial charge on any atom is -0.494 e. The first-order chi connectivity index (χ1) is 16.2. The van der Waals surface area contributed by atoms with E-state index < -0.39 is 5.97 Å². The molecule has 8 heteroatoms. The molecule has 0 atom stereocenters. The normalized spacial score (nSPS) is 11.8. The average molecular weight is 465 g/mol. The standard InChI is InChI=1S/C26H32N4O4/c1-6-34-26(33)19-8-13-22-23(16-19)28-25(32)24(22)17(2)27-20-9-11-21(12-10-20)30(18(3)31)15-7-14-29(4)5/h8-13,16,28,32H,6-7,14-15H2,1-5H3. The fourth-order valence-corrected chi connectivity index (χ4v) is 3.86. The van der Waals surface area contributed by atoms with Gasteiger partial charge in [0.1, 0.15) is 0 Å². The van der Waals surface area contributed by atoms with Gasteiger partial charge in [-0.05, 0) is 77.3 Å². The van der Waals surface area contributed by atoms with Crippen LogP contribution in [0, 0.1) is 0 Å². The lowest BCUT2D eigenvalue weighted by Gasteiger charge is -2.22. The van der Waals surface area contributed by atoms with Gasteiger partial charge < -0.3 is 24.6 Å². The summed E-state index contributed by atoms with van der Waals surface area (Å²) < 4.78 is 5.05. The molecule has 0 unspecified atom stereocenters. The molecule has 2 aromatic carbocycles. The molecule has 0 aliphatic carbocycles. The summed E-state index contributed by atoms with van der Waals surface area (Å²) in [6.07, 6.45) is 0.878. The molecule has 8 nitrogen and oxygen atoms in total. The van der Waals surface area contributed by atoms with E-state index in [0.29, 0.717) is 41.2 Å². The molecule has 0 fully saturated rings. The molecule has 0 saturated carbocycles. The Morgan fingerprint density at radius 3 is 2.38 bits per heavy atom. The van der Waals surface area contributed by atoms with Gasteiger partial charge >= 0.3 is 5.97 Å². The van der Waals surface area contributed by atoms with Gasteiger partial charge in [-0.2, -0.15) is 0 Å². The zero-order valence-corrected chi connectivity index (χ0v) is 20.4. The molecule has 2 N–H and O–H groups in total. The number of aromatic hydroxyl groups is 1. The first-order valence-corrected chi connectivity index (χ1v) is 11.3. The number of nitrogens with zero attached hydrogens (tertiary/aromatic N) is 3. The molecule has 0 radical (unpaired) electrons. The number of esters is 1. The molecule has 0 aliphatic heterocycles. The zero-order valence-electron chi connectivity index (χ0n) is 20.4. The van der Waals surface area contributed by atoms with Gasteiger partial charge in [-0.1, -0.05) is 6.07 Å². The molecule has 3 aromatic rings. The molecule has 1 aromatic heterocycles. The minimum atomic E-state index is -0.410. The number of aromatic nitrogens is 1. The molecule has 180 valence electrons. The predicted octanol–water partition coefficient (Wildman–Crippen LogP) is 4.50. The lowest BCUT2D eigenvalue weighted by atomic mass is 10.1. The van der Waals surface area contributed by atoms with Crippen molar-refractivity contribution in [2.24, 2.45) is 4.99 Å². The van der Waals surface area contributed by atoms with Crippen LogP contribution in [0.5, 0.6) is 5.88 Å². The number of aromatic amines is 1. The van der Waals surface area contributed by atoms with Crippen molar-refractivity contribution < 1.29 is 19.4 Å². The molecule has 0 bridgehead atoms. The monoisotopic (exact) mass is 464 g/mol. The van der Waals surface area contributed by atoms with E-state index in [0.717, 1.165) is 24.0 Å². The summed E-state index contributed by atoms with van der Waals surface area (Å²) in [5.41, 5.74) is 3.75. The number of H-pyrrole nitrogens is 1. The number of nitrogens with one attached hydrogen (secondary N) is 1. The first-order valence-electron chi connectivity index (χ1n) is 11.3. The molecule has 1 amide bonds. The fourth-order valence-electron chi connectivity index (χ4n) is 3.86. The van der Waals surface area contributed by atoms with Crippen LogP contribution in [0.3, 0.4) is 0 Å². The number of fused-ring (bicyclic) bond motifs is 1. The number of rotatable bonds is 9. The Morgan fingerprint density at radius 2 is 1.76 bits per heavy atom. The maximum atomic E-state index is 12.1. The Morgan fingerprint density at radius 1 is 1.06 bits per heavy atom. The Bertz CT molecular complexity index is 1200. The van der Waals surface area contributed by atoms with E-state index in [9.17, 15) is 14.7 Å². The maximum absolute atomic E-state index is 12.1. The second kappa shape index (κ2) is 11.0. The third-order valence-corrected chi connectivity index (χ3v) is 5.48. The predicted molar refractivity (Wildman–Crippen MR) is 135 cm³/mol. The van der Waals surface area contributed by atoms with Gasteiger partial charge in [-0.25, -0.2) is 4.79 Å². The zero-order chi connectivity index (χ0) is 24.8. The lowest BCUT2D eigenvalue weighted by molar-refractivity contribution is -0.116. The van der Waals surface area contributed by atoms with E-state index in [2.05, 4.69) is 14.9 Å². The summed E-state index contributed by atoms with van der Waals surface area (Å²) >= 11 is 0. The van der Waals surface area contributed by atoms with Gasteiger partial charge in [0.2, 0.25) is 5.91 Å². The highest BCUT2D eigenvalue weighted by atomic mass is 16.5. The Hall–Kier alpha value is -3.65. The van der Waals surface area contributed by atoms with E-state index in [1.165, 1.54) is 0 Å². The number of hydrogen-bond acceptors (Lipinski definition) is 6. The average Bonchev–Trinajstić information content (AvgIpc) is 3.12. The van der Waals surface area contributed by atoms with Crippen molar-refractivity contribution in [2.75, 3.05) is 38.7 Å². The van der Waals surface area contributed by atoms with Gasteiger partial charge in [0, 0.05) is 30.1 Å². The van der Waals surface area contributed by atoms with Crippen molar-refractivity contribution >= 4 is 39.9 Å². The summed E-state index contributed by atoms with van der Waals surface area (Å²) in [5, 5.41) is 11.3. The number of carbonyl (C=O) groups is 2. The SMILES string of the molecule is CCOC(=O)c1ccc2c(C(C)=Nc3ccc(N(CCCN(C)C)C(C)=O)cc3)c(O)[nH]c2c1. The van der Waals surface area contributed by atoms with Crippen LogP contribution in [-0.4, -0.2) is 66.4 Å². The second-order valence-electron chi connectivity index (χ2n) is 8.37. The molecule has 1 heterocycles. The van der Waals surface area contributed by atoms with Crippen LogP contribution >= 0.6 is 0 Å². The number of hydrogen-bond donors (Lipinski definition) is 2. The van der Waals surface area contributed by atoms with E-state index in [1.54, 1.807) is 36.9 Å². The van der Waals surface area contributed by atoms with Crippen molar-refractivity contribution in [1.82, 2.24) is 9.88 Å². The maximum Gasteiger partial charge on any atom is 0.338 e. The number of anilines is 1. The quantitative estimate of drug-likeness (QED) is 0.359. The van der Waals surface area contributed by atoms with Crippen molar-refractivity contribution in [3.05, 3.63) is 53.6 Å². The molecule has 0 aliphatic rings. The van der Waals surface area contributed by atoms with Crippen LogP contribution in [0.25, 0.3) is 10.9 Å². The van der Waals surface area contributed by atoms with Gasteiger partial charge in [0.15, 0.2) is 5.88 Å². The number of ether oxygens (including phenoxy) is 1. The van der Waals surface area contributed by atoms with Crippen LogP contribution < -0.4 is 4.90 Å². The molecule has 3 rings (SSSR count). The van der Waals surface area contributed by atoms with Gasteiger partial charge in [-0.15, -0.1) is 0 Å². The highest BCUT2D eigenvalue weighted by Crippen LogP contribution is 2.30. The molecular formula is C26H32N4O4. The Labute approximate surface area is 199 Å². The van der Waals surface area contributed by atoms with Gasteiger partial charge in [0.25, 0.3) is 0 Å². The Kier molecular flexibility index (Phi) is 8.07. The number of benzene rings is 2. The Balaban J connectivity index is 1.83. The molecular weight excluding hydrogens is 432 g/mol. The van der Waals surface area contributed by atoms with Crippen LogP contribution in [0.2, 0.25) is 0 Å². The summed E-state index contributed by atoms with van der Waals surface area (Å²) in [7, 11) is 4.02. The summed E-state index contributed by atoms with van der Waals surface area (Å²) in [6.45, 7) is 6.98. The van der Waals surface area contributed by atoms with E-state index in [1.807, 2.05) is 45.3 Å². The summed E-state index contributed by atoms with van der Waals surface area (Å²) in [5.74, 6) is -0.429. The minimum absolute atomic E-state index is 0.00269. The number of carbonyl (C=O) groups excluding carboxylic acids is 2. The van der Waals surface area contributed by atoms with Crippen molar-refractivity contribution in [1.29, 1.82) is 0 Å². The van der Waals surface area contributed by atoms with Crippen LogP contribution in [-0.2, 0) is 9.53 Å². The lowest BCUT2D eigenvalue weighted by Crippen LogP contribution is -2.31. The largest absolute Gasteiger partial charge is 0.494 e. The molecule has 0 spiro atoms. The summed E-state index contributed by atoms with van der Waals surface area (Å²) in [6, 6.07) is 12.6. The van der Waals surface area contributed by atoms with Crippen LogP contribution in [0.15, 0.2) is 47.5 Å². The van der Waals surface area contributed by atoms with Gasteiger partial charge in [0.05, 0.1) is 29.1 Å². The third-order valence-electron chi connectivity index (χ3n) is 5.48. The van der Waals surface area contributed by atoms with Crippen molar-refractivity contribution in [2.45, 2.75) is 27.2 Å². The highest BCUT2D eigenvalue weighted by Gasteiger charge is 2.17. The topological polar surface area (TPSA) is 98.2 Å². The summed E-state index contributed by atoms with van der Waals surface area (Å²) in [4.78, 5) is 35.6. The van der Waals surface area contributed by atoms with E-state index >= 15 is 0 Å². The van der Waals surface area contributed by atoms with Gasteiger partial charge in [-0.3, -0.25) is 9.79 Å². The van der Waals surface area contributed by atoms with Crippen molar-refractivity contribution in [3.63, 3.8) is 0 Å². The van der Waals surface area contributed by atoms with Crippen molar-refractivity contribution in [3.8, 4) is 5.88 Å².